The van der Waals surface area contributed by atoms with E-state index in [2.05, 4.69) is 11.2 Å². The summed E-state index contributed by atoms with van der Waals surface area (Å²) in [5.41, 5.74) is -2.07. The average molecular weight is 249 g/mol. The fourth-order valence-electron chi connectivity index (χ4n) is 3.14. The Hall–Kier alpha value is -1.50. The number of hydrogen-bond acceptors (Lipinski definition) is 3. The molecule has 0 unspecified atom stereocenters. The molecule has 1 heterocycles. The molecular formula is C14H19NO3. The number of terminal acetylenes is 1. The van der Waals surface area contributed by atoms with Crippen LogP contribution in [0.25, 0.3) is 0 Å². The molecule has 98 valence electrons. The van der Waals surface area contributed by atoms with E-state index in [1.54, 1.807) is 0 Å². The highest BCUT2D eigenvalue weighted by atomic mass is 16.6. The molecule has 0 aromatic heterocycles. The van der Waals surface area contributed by atoms with Crippen LogP contribution in [-0.2, 0) is 14.3 Å². The van der Waals surface area contributed by atoms with E-state index in [4.69, 9.17) is 11.2 Å². The summed E-state index contributed by atoms with van der Waals surface area (Å²) in [4.78, 5) is 24.3. The second kappa shape index (κ2) is 3.74. The number of fused-ring (bicyclic) bond motifs is 2. The van der Waals surface area contributed by atoms with Gasteiger partial charge in [-0.1, -0.05) is 13.8 Å². The second-order valence-corrected chi connectivity index (χ2v) is 5.88. The van der Waals surface area contributed by atoms with E-state index in [0.29, 0.717) is 25.8 Å². The van der Waals surface area contributed by atoms with Gasteiger partial charge in [0.25, 0.3) is 5.91 Å². The van der Waals surface area contributed by atoms with Crippen molar-refractivity contribution in [3.05, 3.63) is 0 Å². The SMILES string of the molecule is C#CCCNC(=O)[C@@]12CC[C@@](C)(C(=O)O1)C2(C)C. The molecule has 2 fully saturated rings. The van der Waals surface area contributed by atoms with Gasteiger partial charge in [0.15, 0.2) is 5.60 Å². The first-order valence-electron chi connectivity index (χ1n) is 6.27. The summed E-state index contributed by atoms with van der Waals surface area (Å²) in [6, 6.07) is 0. The molecule has 1 saturated heterocycles. The van der Waals surface area contributed by atoms with Gasteiger partial charge in [-0.05, 0) is 19.8 Å². The lowest BCUT2D eigenvalue weighted by Gasteiger charge is -2.35. The highest BCUT2D eigenvalue weighted by Gasteiger charge is 2.75. The van der Waals surface area contributed by atoms with Crippen molar-refractivity contribution in [3.63, 3.8) is 0 Å². The Balaban J connectivity index is 2.25. The number of amides is 1. The van der Waals surface area contributed by atoms with Crippen LogP contribution in [-0.4, -0.2) is 24.0 Å². The smallest absolute Gasteiger partial charge is 0.313 e. The van der Waals surface area contributed by atoms with Crippen LogP contribution in [0.5, 0.6) is 0 Å². The fourth-order valence-corrected chi connectivity index (χ4v) is 3.14. The zero-order chi connectivity index (χ0) is 13.6. The molecule has 2 aliphatic rings. The van der Waals surface area contributed by atoms with Crippen LogP contribution in [0.15, 0.2) is 0 Å². The molecular weight excluding hydrogens is 230 g/mol. The van der Waals surface area contributed by atoms with Crippen molar-refractivity contribution in [2.75, 3.05) is 6.54 Å². The van der Waals surface area contributed by atoms with Crippen molar-refractivity contribution >= 4 is 11.9 Å². The summed E-state index contributed by atoms with van der Waals surface area (Å²) in [5.74, 6) is 2.00. The topological polar surface area (TPSA) is 55.4 Å². The molecule has 4 nitrogen and oxygen atoms in total. The molecule has 18 heavy (non-hydrogen) atoms. The van der Waals surface area contributed by atoms with E-state index in [-0.39, 0.29) is 11.9 Å². The molecule has 2 atom stereocenters. The minimum atomic E-state index is -1.02. The number of carbonyl (C=O) groups excluding carboxylic acids is 2. The molecule has 2 bridgehead atoms. The molecule has 1 saturated carbocycles. The van der Waals surface area contributed by atoms with Gasteiger partial charge in [0.05, 0.1) is 5.41 Å². The normalized spacial score (nSPS) is 36.0. The molecule has 2 rings (SSSR count). The Labute approximate surface area is 107 Å². The van der Waals surface area contributed by atoms with E-state index in [1.807, 2.05) is 20.8 Å². The van der Waals surface area contributed by atoms with E-state index in [0.717, 1.165) is 0 Å². The maximum absolute atomic E-state index is 12.3. The van der Waals surface area contributed by atoms with Crippen LogP contribution in [0.4, 0.5) is 0 Å². The third kappa shape index (κ3) is 1.28. The van der Waals surface area contributed by atoms with Crippen molar-refractivity contribution in [1.29, 1.82) is 0 Å². The molecule has 1 aliphatic heterocycles. The zero-order valence-corrected chi connectivity index (χ0v) is 11.1. The molecule has 0 radical (unpaired) electrons. The van der Waals surface area contributed by atoms with Crippen molar-refractivity contribution < 1.29 is 14.3 Å². The Bertz CT molecular complexity index is 448. The molecule has 4 heteroatoms. The Morgan fingerprint density at radius 1 is 1.44 bits per heavy atom. The van der Waals surface area contributed by atoms with Crippen molar-refractivity contribution in [1.82, 2.24) is 5.32 Å². The maximum atomic E-state index is 12.3. The summed E-state index contributed by atoms with van der Waals surface area (Å²) in [6.07, 6.45) is 6.91. The number of nitrogens with one attached hydrogen (secondary N) is 1. The standard InChI is InChI=1S/C14H19NO3/c1-5-6-9-15-10(16)14-8-7-13(4,11(17)18-14)12(14,2)3/h1H,6-9H2,2-4H3,(H,15,16)/t13-,14+/m0/s1. The number of ether oxygens (including phenoxy) is 1. The van der Waals surface area contributed by atoms with Gasteiger partial charge in [-0.25, -0.2) is 0 Å². The highest BCUT2D eigenvalue weighted by Crippen LogP contribution is 2.65. The summed E-state index contributed by atoms with van der Waals surface area (Å²) >= 11 is 0. The molecule has 1 N–H and O–H groups in total. The van der Waals surface area contributed by atoms with Gasteiger partial charge in [0, 0.05) is 18.4 Å². The van der Waals surface area contributed by atoms with E-state index < -0.39 is 16.4 Å². The summed E-state index contributed by atoms with van der Waals surface area (Å²) in [7, 11) is 0. The van der Waals surface area contributed by atoms with Crippen LogP contribution in [0.1, 0.15) is 40.0 Å². The van der Waals surface area contributed by atoms with Crippen molar-refractivity contribution in [2.45, 2.75) is 45.6 Å². The molecule has 0 aromatic carbocycles. The highest BCUT2D eigenvalue weighted by molar-refractivity contribution is 5.96. The maximum Gasteiger partial charge on any atom is 0.313 e. The van der Waals surface area contributed by atoms with Gasteiger partial charge in [0.1, 0.15) is 0 Å². The average Bonchev–Trinajstić information content (AvgIpc) is 2.59. The van der Waals surface area contributed by atoms with Gasteiger partial charge >= 0.3 is 5.97 Å². The first-order valence-corrected chi connectivity index (χ1v) is 6.27. The first-order chi connectivity index (χ1) is 8.32. The summed E-state index contributed by atoms with van der Waals surface area (Å²) in [6.45, 7) is 6.18. The monoisotopic (exact) mass is 249 g/mol. The number of hydrogen-bond donors (Lipinski definition) is 1. The minimum absolute atomic E-state index is 0.211. The van der Waals surface area contributed by atoms with Gasteiger partial charge in [0.2, 0.25) is 0 Å². The molecule has 1 amide bonds. The Morgan fingerprint density at radius 2 is 2.11 bits per heavy atom. The van der Waals surface area contributed by atoms with Gasteiger partial charge < -0.3 is 10.1 Å². The third-order valence-electron chi connectivity index (χ3n) is 5.01. The van der Waals surface area contributed by atoms with E-state index >= 15 is 0 Å². The zero-order valence-electron chi connectivity index (χ0n) is 11.1. The summed E-state index contributed by atoms with van der Waals surface area (Å²) in [5, 5.41) is 2.78. The third-order valence-corrected chi connectivity index (χ3v) is 5.01. The number of carbonyl (C=O) groups is 2. The number of rotatable bonds is 3. The Kier molecular flexibility index (Phi) is 2.69. The van der Waals surface area contributed by atoms with Gasteiger partial charge in [-0.2, -0.15) is 0 Å². The lowest BCUT2D eigenvalue weighted by Crippen LogP contribution is -2.53. The van der Waals surface area contributed by atoms with Crippen LogP contribution < -0.4 is 5.32 Å². The van der Waals surface area contributed by atoms with Crippen LogP contribution in [0.3, 0.4) is 0 Å². The molecule has 0 aromatic rings. The predicted molar refractivity (Wildman–Crippen MR) is 66.4 cm³/mol. The second-order valence-electron chi connectivity index (χ2n) is 5.88. The van der Waals surface area contributed by atoms with Crippen LogP contribution in [0, 0.1) is 23.2 Å². The molecule has 0 spiro atoms. The quantitative estimate of drug-likeness (QED) is 0.465. The number of esters is 1. The van der Waals surface area contributed by atoms with E-state index in [1.165, 1.54) is 0 Å². The largest absolute Gasteiger partial charge is 0.448 e. The first kappa shape index (κ1) is 12.9. The summed E-state index contributed by atoms with van der Waals surface area (Å²) < 4.78 is 5.46. The van der Waals surface area contributed by atoms with Gasteiger partial charge in [-0.3, -0.25) is 9.59 Å². The van der Waals surface area contributed by atoms with E-state index in [9.17, 15) is 9.59 Å². The molecule has 1 aliphatic carbocycles. The fraction of sp³-hybridized carbons (Fsp3) is 0.714. The van der Waals surface area contributed by atoms with Gasteiger partial charge in [-0.15, -0.1) is 12.3 Å². The Morgan fingerprint density at radius 3 is 2.56 bits per heavy atom. The van der Waals surface area contributed by atoms with Crippen LogP contribution in [0.2, 0.25) is 0 Å². The lowest BCUT2D eigenvalue weighted by molar-refractivity contribution is -0.168. The lowest BCUT2D eigenvalue weighted by atomic mass is 9.66. The predicted octanol–water partition coefficient (Wildman–Crippen LogP) is 1.25. The van der Waals surface area contributed by atoms with Crippen LogP contribution >= 0.6 is 0 Å². The minimum Gasteiger partial charge on any atom is -0.448 e. The van der Waals surface area contributed by atoms with Crippen molar-refractivity contribution in [2.24, 2.45) is 10.8 Å². The van der Waals surface area contributed by atoms with Crippen molar-refractivity contribution in [3.8, 4) is 12.3 Å².